The van der Waals surface area contributed by atoms with Crippen LogP contribution < -0.4 is 0 Å². The molecular weight excluding hydrogens is 176 g/mol. The van der Waals surface area contributed by atoms with Crippen LogP contribution in [0.3, 0.4) is 0 Å². The van der Waals surface area contributed by atoms with Gasteiger partial charge in [-0.1, -0.05) is 51.9 Å². The summed E-state index contributed by atoms with van der Waals surface area (Å²) in [6, 6.07) is 0. The molecule has 14 heavy (non-hydrogen) atoms. The average molecular weight is 198 g/mol. The standard InChI is InChI=1S/C12H22O2/c1-3-4-5-6-7-8-9-10-11-14-12(2)13/h2H,3-11H2,1H3. The Morgan fingerprint density at radius 1 is 1.00 bits per heavy atom. The zero-order chi connectivity index (χ0) is 10.6. The molecule has 2 nitrogen and oxygen atoms in total. The van der Waals surface area contributed by atoms with Crippen molar-refractivity contribution in [2.75, 3.05) is 6.61 Å². The molecule has 0 heterocycles. The molecule has 0 saturated heterocycles. The zero-order valence-corrected chi connectivity index (χ0v) is 9.26. The molecule has 0 spiro atoms. The highest BCUT2D eigenvalue weighted by Crippen LogP contribution is 2.08. The molecular formula is C12H22O2. The van der Waals surface area contributed by atoms with Gasteiger partial charge in [-0.15, -0.1) is 0 Å². The molecule has 0 aromatic carbocycles. The van der Waals surface area contributed by atoms with E-state index in [1.165, 1.54) is 38.5 Å². The number of esters is 1. The van der Waals surface area contributed by atoms with E-state index in [0.717, 1.165) is 12.8 Å². The van der Waals surface area contributed by atoms with E-state index in [0.29, 0.717) is 6.61 Å². The van der Waals surface area contributed by atoms with Gasteiger partial charge in [-0.3, -0.25) is 4.79 Å². The van der Waals surface area contributed by atoms with Crippen LogP contribution >= 0.6 is 0 Å². The summed E-state index contributed by atoms with van der Waals surface area (Å²) in [5.74, 6) is -0.659. The van der Waals surface area contributed by atoms with Gasteiger partial charge in [0, 0.05) is 0 Å². The predicted octanol–water partition coefficient (Wildman–Crippen LogP) is 3.38. The lowest BCUT2D eigenvalue weighted by molar-refractivity contribution is -0.138. The fraction of sp³-hybridized carbons (Fsp3) is 0.833. The average Bonchev–Trinajstić information content (AvgIpc) is 2.15. The lowest BCUT2D eigenvalue weighted by Crippen LogP contribution is -2.00. The molecule has 0 aliphatic carbocycles. The zero-order valence-electron chi connectivity index (χ0n) is 9.26. The monoisotopic (exact) mass is 198 g/mol. The molecule has 0 saturated carbocycles. The summed E-state index contributed by atoms with van der Waals surface area (Å²) in [6.45, 7) is 7.53. The summed E-state index contributed by atoms with van der Waals surface area (Å²) in [7, 11) is 0. The molecule has 2 heteroatoms. The number of hydrogen-bond acceptors (Lipinski definition) is 2. The van der Waals surface area contributed by atoms with Gasteiger partial charge < -0.3 is 4.74 Å². The number of unbranched alkanes of at least 4 members (excludes halogenated alkanes) is 7. The van der Waals surface area contributed by atoms with Gasteiger partial charge in [0.05, 0.1) is 13.5 Å². The van der Waals surface area contributed by atoms with E-state index in [9.17, 15) is 4.79 Å². The second-order valence-corrected chi connectivity index (χ2v) is 3.64. The highest BCUT2D eigenvalue weighted by molar-refractivity contribution is 5.73. The summed E-state index contributed by atoms with van der Waals surface area (Å²) in [4.78, 5) is 10.2. The molecule has 2 radical (unpaired) electrons. The van der Waals surface area contributed by atoms with Crippen molar-refractivity contribution in [1.82, 2.24) is 0 Å². The Morgan fingerprint density at radius 2 is 1.50 bits per heavy atom. The van der Waals surface area contributed by atoms with Crippen molar-refractivity contribution in [3.8, 4) is 0 Å². The number of rotatable bonds is 9. The Bertz CT molecular complexity index is 132. The first-order chi connectivity index (χ1) is 6.77. The second kappa shape index (κ2) is 10.6. The van der Waals surface area contributed by atoms with E-state index < -0.39 is 5.97 Å². The van der Waals surface area contributed by atoms with Crippen molar-refractivity contribution < 1.29 is 9.53 Å². The molecule has 0 rings (SSSR count). The summed E-state index contributed by atoms with van der Waals surface area (Å²) in [5, 5.41) is 0. The van der Waals surface area contributed by atoms with Crippen LogP contribution in [0.15, 0.2) is 0 Å². The van der Waals surface area contributed by atoms with Crippen LogP contribution in [0.2, 0.25) is 0 Å². The lowest BCUT2D eigenvalue weighted by Gasteiger charge is -2.02. The summed E-state index contributed by atoms with van der Waals surface area (Å²) in [6.07, 6.45) is 9.97. The van der Waals surface area contributed by atoms with Crippen LogP contribution in [0.1, 0.15) is 58.3 Å². The van der Waals surface area contributed by atoms with Gasteiger partial charge in [0.1, 0.15) is 0 Å². The first-order valence-electron chi connectivity index (χ1n) is 5.69. The van der Waals surface area contributed by atoms with Crippen molar-refractivity contribution >= 4 is 5.97 Å². The van der Waals surface area contributed by atoms with Crippen LogP contribution in [0, 0.1) is 6.92 Å². The van der Waals surface area contributed by atoms with E-state index in [-0.39, 0.29) is 0 Å². The second-order valence-electron chi connectivity index (χ2n) is 3.64. The maximum atomic E-state index is 10.2. The largest absolute Gasteiger partial charge is 0.465 e. The van der Waals surface area contributed by atoms with Crippen LogP contribution in [0.5, 0.6) is 0 Å². The van der Waals surface area contributed by atoms with Crippen LogP contribution in [-0.2, 0) is 9.53 Å². The third-order valence-electron chi connectivity index (χ3n) is 2.24. The molecule has 0 aromatic rings. The highest BCUT2D eigenvalue weighted by atomic mass is 16.5. The fourth-order valence-electron chi connectivity index (χ4n) is 1.41. The van der Waals surface area contributed by atoms with Crippen molar-refractivity contribution in [2.24, 2.45) is 0 Å². The maximum absolute atomic E-state index is 10.2. The Balaban J connectivity index is 2.88. The van der Waals surface area contributed by atoms with Crippen molar-refractivity contribution in [3.05, 3.63) is 6.92 Å². The third kappa shape index (κ3) is 11.5. The first-order valence-corrected chi connectivity index (χ1v) is 5.69. The fourth-order valence-corrected chi connectivity index (χ4v) is 1.41. The Labute approximate surface area is 88.0 Å². The Hall–Kier alpha value is -0.530. The van der Waals surface area contributed by atoms with E-state index in [1.807, 2.05) is 0 Å². The highest BCUT2D eigenvalue weighted by Gasteiger charge is 1.94. The molecule has 0 aliphatic heterocycles. The summed E-state index contributed by atoms with van der Waals surface area (Å²) in [5.41, 5.74) is 0. The van der Waals surface area contributed by atoms with E-state index in [4.69, 9.17) is 6.92 Å². The maximum Gasteiger partial charge on any atom is 0.310 e. The normalized spacial score (nSPS) is 10.1. The molecule has 0 N–H and O–H groups in total. The molecule has 0 bridgehead atoms. The van der Waals surface area contributed by atoms with E-state index in [2.05, 4.69) is 11.7 Å². The SMILES string of the molecule is [CH]C(=O)OCCCCCCCCCC. The first kappa shape index (κ1) is 13.5. The minimum atomic E-state index is -0.659. The number of hydrogen-bond donors (Lipinski definition) is 0. The number of carbonyl (C=O) groups is 1. The molecule has 82 valence electrons. The van der Waals surface area contributed by atoms with Crippen LogP contribution in [0.4, 0.5) is 0 Å². The quantitative estimate of drug-likeness (QED) is 0.419. The summed E-state index contributed by atoms with van der Waals surface area (Å²) >= 11 is 0. The van der Waals surface area contributed by atoms with Gasteiger partial charge in [0.25, 0.3) is 0 Å². The predicted molar refractivity (Wildman–Crippen MR) is 57.9 cm³/mol. The van der Waals surface area contributed by atoms with E-state index >= 15 is 0 Å². The van der Waals surface area contributed by atoms with Gasteiger partial charge in [-0.05, 0) is 6.42 Å². The van der Waals surface area contributed by atoms with Crippen molar-refractivity contribution in [2.45, 2.75) is 58.3 Å². The Kier molecular flexibility index (Phi) is 10.2. The Morgan fingerprint density at radius 3 is 2.00 bits per heavy atom. The summed E-state index contributed by atoms with van der Waals surface area (Å²) < 4.78 is 4.63. The topological polar surface area (TPSA) is 26.3 Å². The van der Waals surface area contributed by atoms with Crippen LogP contribution in [0.25, 0.3) is 0 Å². The smallest absolute Gasteiger partial charge is 0.310 e. The molecule has 0 unspecified atom stereocenters. The minimum Gasteiger partial charge on any atom is -0.465 e. The molecule has 0 atom stereocenters. The third-order valence-corrected chi connectivity index (χ3v) is 2.24. The van der Waals surface area contributed by atoms with Gasteiger partial charge in [0.15, 0.2) is 0 Å². The number of ether oxygens (including phenoxy) is 1. The van der Waals surface area contributed by atoms with E-state index in [1.54, 1.807) is 0 Å². The minimum absolute atomic E-state index is 0.476. The lowest BCUT2D eigenvalue weighted by atomic mass is 10.1. The number of carbonyl (C=O) groups excluding carboxylic acids is 1. The molecule has 0 amide bonds. The van der Waals surface area contributed by atoms with Crippen LogP contribution in [-0.4, -0.2) is 12.6 Å². The van der Waals surface area contributed by atoms with Crippen molar-refractivity contribution in [1.29, 1.82) is 0 Å². The van der Waals surface area contributed by atoms with Gasteiger partial charge in [-0.2, -0.15) is 0 Å². The van der Waals surface area contributed by atoms with Gasteiger partial charge in [-0.25, -0.2) is 0 Å². The molecule has 0 aliphatic rings. The van der Waals surface area contributed by atoms with Gasteiger partial charge >= 0.3 is 5.97 Å². The molecule has 0 aromatic heterocycles. The molecule has 0 fully saturated rings. The van der Waals surface area contributed by atoms with Gasteiger partial charge in [0.2, 0.25) is 0 Å². The van der Waals surface area contributed by atoms with Crippen molar-refractivity contribution in [3.63, 3.8) is 0 Å².